The molecule has 0 aliphatic rings. The Kier molecular flexibility index (Phi) is 5.07. The molecule has 1 unspecified atom stereocenters. The van der Waals surface area contributed by atoms with Gasteiger partial charge in [0.1, 0.15) is 21.5 Å². The summed E-state index contributed by atoms with van der Waals surface area (Å²) in [5.41, 5.74) is 5.70. The first-order valence-electron chi connectivity index (χ1n) is 5.28. The van der Waals surface area contributed by atoms with Crippen LogP contribution >= 0.6 is 11.6 Å². The lowest BCUT2D eigenvalue weighted by atomic mass is 10.0. The van der Waals surface area contributed by atoms with E-state index in [0.29, 0.717) is 6.42 Å². The molecule has 0 saturated heterocycles. The number of hydrogen-bond acceptors (Lipinski definition) is 3. The average Bonchev–Trinajstić information content (AvgIpc) is 2.21. The molecule has 102 valence electrons. The maximum atomic E-state index is 13.5. The van der Waals surface area contributed by atoms with Crippen molar-refractivity contribution in [1.29, 1.82) is 0 Å². The SMILES string of the molecule is CS(=O)(=O)CCCC(N)c1cc(F)c(Cl)cc1F. The zero-order valence-electron chi connectivity index (χ0n) is 9.79. The van der Waals surface area contributed by atoms with Crippen LogP contribution < -0.4 is 5.73 Å². The van der Waals surface area contributed by atoms with Gasteiger partial charge >= 0.3 is 0 Å². The van der Waals surface area contributed by atoms with Crippen LogP contribution in [0.25, 0.3) is 0 Å². The van der Waals surface area contributed by atoms with Crippen LogP contribution in [0.1, 0.15) is 24.4 Å². The van der Waals surface area contributed by atoms with Crippen molar-refractivity contribution < 1.29 is 17.2 Å². The van der Waals surface area contributed by atoms with Crippen LogP contribution in [0.4, 0.5) is 8.78 Å². The molecule has 18 heavy (non-hydrogen) atoms. The maximum absolute atomic E-state index is 13.5. The van der Waals surface area contributed by atoms with Crippen molar-refractivity contribution in [2.24, 2.45) is 5.73 Å². The molecule has 0 heterocycles. The Balaban J connectivity index is 2.73. The molecule has 3 nitrogen and oxygen atoms in total. The predicted octanol–water partition coefficient (Wildman–Crippen LogP) is 2.44. The van der Waals surface area contributed by atoms with Crippen molar-refractivity contribution in [3.05, 3.63) is 34.4 Å². The molecule has 0 aromatic heterocycles. The number of sulfone groups is 1. The van der Waals surface area contributed by atoms with Gasteiger partial charge < -0.3 is 5.73 Å². The fourth-order valence-electron chi connectivity index (χ4n) is 1.54. The summed E-state index contributed by atoms with van der Waals surface area (Å²) in [6, 6.07) is 1.06. The zero-order valence-corrected chi connectivity index (χ0v) is 11.4. The van der Waals surface area contributed by atoms with Crippen molar-refractivity contribution in [3.63, 3.8) is 0 Å². The summed E-state index contributed by atoms with van der Waals surface area (Å²) in [6.07, 6.45) is 1.66. The summed E-state index contributed by atoms with van der Waals surface area (Å²) in [7, 11) is -3.07. The molecule has 0 aliphatic heterocycles. The van der Waals surface area contributed by atoms with E-state index < -0.39 is 27.5 Å². The molecule has 0 bridgehead atoms. The summed E-state index contributed by atoms with van der Waals surface area (Å²) >= 11 is 5.42. The normalized spacial score (nSPS) is 13.6. The molecule has 1 aromatic carbocycles. The molecule has 0 fully saturated rings. The molecular formula is C11H14ClF2NO2S. The monoisotopic (exact) mass is 297 g/mol. The van der Waals surface area contributed by atoms with Crippen LogP contribution in [0.15, 0.2) is 12.1 Å². The smallest absolute Gasteiger partial charge is 0.147 e. The number of hydrogen-bond donors (Lipinski definition) is 1. The van der Waals surface area contributed by atoms with E-state index in [9.17, 15) is 17.2 Å². The first-order chi connectivity index (χ1) is 8.20. The molecule has 1 rings (SSSR count). The molecule has 0 saturated carbocycles. The van der Waals surface area contributed by atoms with Crippen molar-refractivity contribution in [2.75, 3.05) is 12.0 Å². The highest BCUT2D eigenvalue weighted by atomic mass is 35.5. The van der Waals surface area contributed by atoms with Gasteiger partial charge in [-0.15, -0.1) is 0 Å². The van der Waals surface area contributed by atoms with E-state index in [0.717, 1.165) is 18.4 Å². The van der Waals surface area contributed by atoms with Crippen molar-refractivity contribution in [2.45, 2.75) is 18.9 Å². The van der Waals surface area contributed by atoms with Gasteiger partial charge in [0.05, 0.1) is 5.02 Å². The van der Waals surface area contributed by atoms with Gasteiger partial charge in [-0.1, -0.05) is 11.6 Å². The first kappa shape index (κ1) is 15.3. The fourth-order valence-corrected chi connectivity index (χ4v) is 2.38. The average molecular weight is 298 g/mol. The van der Waals surface area contributed by atoms with Gasteiger partial charge in [0.25, 0.3) is 0 Å². The Hall–Kier alpha value is -0.720. The summed E-state index contributed by atoms with van der Waals surface area (Å²) in [5, 5.41) is -0.306. The lowest BCUT2D eigenvalue weighted by Crippen LogP contribution is -2.14. The lowest BCUT2D eigenvalue weighted by molar-refractivity contribution is 0.542. The Bertz CT molecular complexity index is 534. The van der Waals surface area contributed by atoms with Gasteiger partial charge in [-0.3, -0.25) is 0 Å². The molecule has 2 N–H and O–H groups in total. The fraction of sp³-hybridized carbons (Fsp3) is 0.455. The second-order valence-electron chi connectivity index (χ2n) is 4.17. The first-order valence-corrected chi connectivity index (χ1v) is 7.72. The summed E-state index contributed by atoms with van der Waals surface area (Å²) in [5.74, 6) is -1.46. The third kappa shape index (κ3) is 4.51. The minimum Gasteiger partial charge on any atom is -0.324 e. The second-order valence-corrected chi connectivity index (χ2v) is 6.83. The van der Waals surface area contributed by atoms with Crippen molar-refractivity contribution in [1.82, 2.24) is 0 Å². The third-order valence-electron chi connectivity index (χ3n) is 2.47. The predicted molar refractivity (Wildman–Crippen MR) is 67.2 cm³/mol. The molecule has 1 atom stereocenters. The highest BCUT2D eigenvalue weighted by molar-refractivity contribution is 7.90. The minimum absolute atomic E-state index is 0.00500. The van der Waals surface area contributed by atoms with Crippen LogP contribution in [0.5, 0.6) is 0 Å². The van der Waals surface area contributed by atoms with Crippen LogP contribution in [0.3, 0.4) is 0 Å². The number of benzene rings is 1. The zero-order chi connectivity index (χ0) is 13.9. The Morgan fingerprint density at radius 1 is 1.33 bits per heavy atom. The lowest BCUT2D eigenvalue weighted by Gasteiger charge is -2.13. The third-order valence-corrected chi connectivity index (χ3v) is 3.79. The van der Waals surface area contributed by atoms with Crippen LogP contribution in [-0.4, -0.2) is 20.4 Å². The van der Waals surface area contributed by atoms with Crippen LogP contribution in [0, 0.1) is 11.6 Å². The summed E-state index contributed by atoms with van der Waals surface area (Å²) < 4.78 is 48.5. The maximum Gasteiger partial charge on any atom is 0.147 e. The highest BCUT2D eigenvalue weighted by Gasteiger charge is 2.15. The number of nitrogens with two attached hydrogens (primary N) is 1. The Labute approximate surface area is 110 Å². The van der Waals surface area contributed by atoms with E-state index in [4.69, 9.17) is 17.3 Å². The molecule has 0 radical (unpaired) electrons. The van der Waals surface area contributed by atoms with Crippen molar-refractivity contribution >= 4 is 21.4 Å². The molecule has 7 heteroatoms. The number of rotatable bonds is 5. The second kappa shape index (κ2) is 5.95. The van der Waals surface area contributed by atoms with E-state index in [1.807, 2.05) is 0 Å². The quantitative estimate of drug-likeness (QED) is 0.849. The van der Waals surface area contributed by atoms with Gasteiger partial charge in [0.15, 0.2) is 0 Å². The van der Waals surface area contributed by atoms with E-state index in [-0.39, 0.29) is 22.8 Å². The summed E-state index contributed by atoms with van der Waals surface area (Å²) in [6.45, 7) is 0. The molecule has 0 spiro atoms. The molecule has 0 aliphatic carbocycles. The van der Waals surface area contributed by atoms with Crippen molar-refractivity contribution in [3.8, 4) is 0 Å². The van der Waals surface area contributed by atoms with Gasteiger partial charge in [0, 0.05) is 23.6 Å². The van der Waals surface area contributed by atoms with Gasteiger partial charge in [-0.25, -0.2) is 17.2 Å². The van der Waals surface area contributed by atoms with Crippen LogP contribution in [-0.2, 0) is 9.84 Å². The Morgan fingerprint density at radius 2 is 1.94 bits per heavy atom. The molecular weight excluding hydrogens is 284 g/mol. The highest BCUT2D eigenvalue weighted by Crippen LogP contribution is 2.25. The number of halogens is 3. The van der Waals surface area contributed by atoms with Gasteiger partial charge in [-0.05, 0) is 25.0 Å². The van der Waals surface area contributed by atoms with E-state index in [2.05, 4.69) is 0 Å². The molecule has 1 aromatic rings. The standard InChI is InChI=1S/C11H14ClF2NO2S/c1-18(16,17)4-2-3-11(15)7-5-10(14)8(12)6-9(7)13/h5-6,11H,2-4,15H2,1H3. The largest absolute Gasteiger partial charge is 0.324 e. The van der Waals surface area contributed by atoms with E-state index in [1.54, 1.807) is 0 Å². The van der Waals surface area contributed by atoms with Gasteiger partial charge in [0.2, 0.25) is 0 Å². The minimum atomic E-state index is -3.07. The van der Waals surface area contributed by atoms with E-state index >= 15 is 0 Å². The van der Waals surface area contributed by atoms with E-state index in [1.165, 1.54) is 0 Å². The topological polar surface area (TPSA) is 60.2 Å². The summed E-state index contributed by atoms with van der Waals surface area (Å²) in [4.78, 5) is 0. The van der Waals surface area contributed by atoms with Gasteiger partial charge in [-0.2, -0.15) is 0 Å². The van der Waals surface area contributed by atoms with Crippen LogP contribution in [0.2, 0.25) is 5.02 Å². The molecule has 0 amide bonds. The Morgan fingerprint density at radius 3 is 2.50 bits per heavy atom.